The SMILES string of the molecule is NC1=NCc2cc(NC(=O)[C@H](O)CC(=O)N(CC[O-])c3ccc(OC(F)(F)F)cc3C(=O)O)ccc21. The lowest BCUT2D eigenvalue weighted by Gasteiger charge is -2.27. The highest BCUT2D eigenvalue weighted by atomic mass is 19.4. The van der Waals surface area contributed by atoms with E-state index in [1.54, 1.807) is 12.1 Å². The second-order valence-electron chi connectivity index (χ2n) is 7.56. The van der Waals surface area contributed by atoms with Gasteiger partial charge in [-0.2, -0.15) is 0 Å². The molecule has 0 radical (unpaired) electrons. The monoisotopic (exact) mass is 509 g/mol. The highest BCUT2D eigenvalue weighted by Gasteiger charge is 2.32. The highest BCUT2D eigenvalue weighted by molar-refractivity contribution is 6.05. The van der Waals surface area contributed by atoms with E-state index in [0.717, 1.165) is 17.7 Å². The minimum atomic E-state index is -5.09. The average Bonchev–Trinajstić information content (AvgIpc) is 3.16. The predicted molar refractivity (Wildman–Crippen MR) is 117 cm³/mol. The lowest BCUT2D eigenvalue weighted by atomic mass is 10.1. The number of carbonyl (C=O) groups excluding carboxylic acids is 2. The molecule has 2 amide bonds. The topological polar surface area (TPSA) is 178 Å². The number of nitrogens with two attached hydrogens (primary N) is 1. The van der Waals surface area contributed by atoms with Gasteiger partial charge in [0.25, 0.3) is 5.91 Å². The first-order valence-corrected chi connectivity index (χ1v) is 10.3. The molecule has 0 saturated heterocycles. The van der Waals surface area contributed by atoms with Gasteiger partial charge in [0.1, 0.15) is 17.7 Å². The molecule has 14 heteroatoms. The maximum absolute atomic E-state index is 12.8. The number of aliphatic imine (C=N–C) groups is 1. The number of amidine groups is 1. The van der Waals surface area contributed by atoms with E-state index in [0.29, 0.717) is 34.6 Å². The largest absolute Gasteiger partial charge is 0.853 e. The molecule has 0 aromatic heterocycles. The van der Waals surface area contributed by atoms with Crippen LogP contribution in [0.3, 0.4) is 0 Å². The molecule has 1 aliphatic heterocycles. The number of ether oxygens (including phenoxy) is 1. The molecule has 1 heterocycles. The number of amides is 2. The molecule has 0 saturated carbocycles. The summed E-state index contributed by atoms with van der Waals surface area (Å²) < 4.78 is 41.2. The predicted octanol–water partition coefficient (Wildman–Crippen LogP) is 0.585. The maximum atomic E-state index is 12.8. The van der Waals surface area contributed by atoms with Gasteiger partial charge in [-0.25, -0.2) is 4.79 Å². The van der Waals surface area contributed by atoms with E-state index >= 15 is 0 Å². The van der Waals surface area contributed by atoms with Gasteiger partial charge in [0.05, 0.1) is 24.2 Å². The molecule has 36 heavy (non-hydrogen) atoms. The van der Waals surface area contributed by atoms with Crippen LogP contribution >= 0.6 is 0 Å². The van der Waals surface area contributed by atoms with Crippen LogP contribution in [-0.2, 0) is 16.1 Å². The summed E-state index contributed by atoms with van der Waals surface area (Å²) in [6.07, 6.45) is -7.81. The van der Waals surface area contributed by atoms with E-state index in [-0.39, 0.29) is 0 Å². The molecule has 192 valence electrons. The quantitative estimate of drug-likeness (QED) is 0.379. The number of carboxylic acids is 1. The number of fused-ring (bicyclic) bond motifs is 1. The Labute approximate surface area is 201 Å². The summed E-state index contributed by atoms with van der Waals surface area (Å²) in [4.78, 5) is 41.6. The summed E-state index contributed by atoms with van der Waals surface area (Å²) >= 11 is 0. The second kappa shape index (κ2) is 10.6. The average molecular weight is 509 g/mol. The molecule has 0 spiro atoms. The summed E-state index contributed by atoms with van der Waals surface area (Å²) in [7, 11) is 0. The molecule has 0 unspecified atom stereocenters. The Bertz CT molecular complexity index is 1220. The Morgan fingerprint density at radius 3 is 2.58 bits per heavy atom. The number of carbonyl (C=O) groups is 3. The Morgan fingerprint density at radius 2 is 1.94 bits per heavy atom. The first kappa shape index (κ1) is 26.4. The Hall–Kier alpha value is -4.17. The van der Waals surface area contributed by atoms with Crippen molar-refractivity contribution in [3.8, 4) is 5.75 Å². The minimum Gasteiger partial charge on any atom is -0.853 e. The van der Waals surface area contributed by atoms with Crippen molar-refractivity contribution in [2.75, 3.05) is 23.4 Å². The van der Waals surface area contributed by atoms with Gasteiger partial charge < -0.3 is 36.0 Å². The number of aromatic carboxylic acids is 1. The molecule has 5 N–H and O–H groups in total. The summed E-state index contributed by atoms with van der Waals surface area (Å²) in [5.74, 6) is -4.15. The third-order valence-electron chi connectivity index (χ3n) is 5.08. The van der Waals surface area contributed by atoms with Crippen molar-refractivity contribution in [3.05, 3.63) is 53.1 Å². The van der Waals surface area contributed by atoms with Crippen LogP contribution in [0.1, 0.15) is 27.9 Å². The van der Waals surface area contributed by atoms with Gasteiger partial charge in [-0.1, -0.05) is 0 Å². The van der Waals surface area contributed by atoms with Gasteiger partial charge in [-0.05, 0) is 42.0 Å². The third-order valence-corrected chi connectivity index (χ3v) is 5.08. The number of halogens is 3. The van der Waals surface area contributed by atoms with Crippen LogP contribution in [0, 0.1) is 0 Å². The third kappa shape index (κ3) is 6.28. The fourth-order valence-corrected chi connectivity index (χ4v) is 3.49. The summed E-state index contributed by atoms with van der Waals surface area (Å²) in [6.45, 7) is -1.15. The van der Waals surface area contributed by atoms with Crippen LogP contribution in [0.2, 0.25) is 0 Å². The normalized spacial score (nSPS) is 13.4. The molecule has 2 aromatic rings. The molecule has 2 aromatic carbocycles. The van der Waals surface area contributed by atoms with E-state index in [1.165, 1.54) is 6.07 Å². The molecule has 1 aliphatic rings. The number of hydrogen-bond acceptors (Lipinski definition) is 8. The first-order valence-electron chi connectivity index (χ1n) is 10.3. The maximum Gasteiger partial charge on any atom is 0.573 e. The van der Waals surface area contributed by atoms with Crippen LogP contribution in [0.15, 0.2) is 41.4 Å². The van der Waals surface area contributed by atoms with Crippen molar-refractivity contribution >= 4 is 35.0 Å². The van der Waals surface area contributed by atoms with Gasteiger partial charge in [0.15, 0.2) is 0 Å². The number of alkyl halides is 3. The van der Waals surface area contributed by atoms with Crippen molar-refractivity contribution in [3.63, 3.8) is 0 Å². The molecule has 11 nitrogen and oxygen atoms in total. The van der Waals surface area contributed by atoms with Crippen molar-refractivity contribution in [2.45, 2.75) is 25.4 Å². The highest BCUT2D eigenvalue weighted by Crippen LogP contribution is 2.30. The summed E-state index contributed by atoms with van der Waals surface area (Å²) in [6, 6.07) is 6.93. The fraction of sp³-hybridized carbons (Fsp3) is 0.273. The molecular formula is C22H20F3N4O7-. The standard InChI is InChI=1S/C22H20F3N4O7/c23-22(24,25)36-13-2-4-16(15(8-13)21(34)35)29(5-6-30)18(32)9-17(31)20(33)28-12-1-3-14-11(7-12)10-27-19(14)26/h1-4,7-8,17,31H,5-6,9-10H2,(H2,26,27)(H,28,33)(H,34,35)/q-1/t17-/m1/s1. The van der Waals surface area contributed by atoms with Crippen molar-refractivity contribution in [1.29, 1.82) is 0 Å². The zero-order valence-corrected chi connectivity index (χ0v) is 18.4. The Morgan fingerprint density at radius 1 is 1.22 bits per heavy atom. The molecule has 1 atom stereocenters. The van der Waals surface area contributed by atoms with E-state index < -0.39 is 66.8 Å². The summed E-state index contributed by atoms with van der Waals surface area (Å²) in [5.41, 5.74) is 6.34. The zero-order chi connectivity index (χ0) is 26.6. The van der Waals surface area contributed by atoms with Crippen LogP contribution in [-0.4, -0.2) is 59.5 Å². The lowest BCUT2D eigenvalue weighted by Crippen LogP contribution is -2.41. The number of aliphatic hydroxyl groups excluding tert-OH is 1. The van der Waals surface area contributed by atoms with E-state index in [1.807, 2.05) is 0 Å². The van der Waals surface area contributed by atoms with Crippen LogP contribution in [0.25, 0.3) is 0 Å². The number of hydrogen-bond donors (Lipinski definition) is 4. The lowest BCUT2D eigenvalue weighted by molar-refractivity contribution is -0.363. The van der Waals surface area contributed by atoms with E-state index in [4.69, 9.17) is 5.73 Å². The molecule has 0 bridgehead atoms. The van der Waals surface area contributed by atoms with Gasteiger partial charge in [-0.15, -0.1) is 19.8 Å². The van der Waals surface area contributed by atoms with Crippen LogP contribution in [0.5, 0.6) is 5.75 Å². The Balaban J connectivity index is 1.75. The van der Waals surface area contributed by atoms with Crippen LogP contribution < -0.4 is 25.8 Å². The number of nitrogens with one attached hydrogen (secondary N) is 1. The van der Waals surface area contributed by atoms with Gasteiger partial charge in [-0.3, -0.25) is 14.6 Å². The van der Waals surface area contributed by atoms with Crippen molar-refractivity contribution in [1.82, 2.24) is 0 Å². The molecule has 0 aliphatic carbocycles. The number of anilines is 2. The number of aliphatic hydroxyl groups is 1. The number of benzene rings is 2. The molecule has 3 rings (SSSR count). The van der Waals surface area contributed by atoms with E-state index in [2.05, 4.69) is 15.0 Å². The molecule has 0 fully saturated rings. The van der Waals surface area contributed by atoms with Gasteiger partial charge in [0, 0.05) is 17.8 Å². The number of nitrogens with zero attached hydrogens (tertiary/aromatic N) is 2. The van der Waals surface area contributed by atoms with Crippen molar-refractivity contribution in [2.24, 2.45) is 10.7 Å². The van der Waals surface area contributed by atoms with E-state index in [9.17, 15) is 42.9 Å². The number of rotatable bonds is 9. The zero-order valence-electron chi connectivity index (χ0n) is 18.4. The fourth-order valence-electron chi connectivity index (χ4n) is 3.49. The second-order valence-corrected chi connectivity index (χ2v) is 7.56. The van der Waals surface area contributed by atoms with Gasteiger partial charge >= 0.3 is 12.3 Å². The van der Waals surface area contributed by atoms with Crippen molar-refractivity contribution < 1.29 is 47.6 Å². The first-order chi connectivity index (χ1) is 16.9. The Kier molecular flexibility index (Phi) is 7.80. The smallest absolute Gasteiger partial charge is 0.573 e. The summed E-state index contributed by atoms with van der Waals surface area (Å²) in [5, 5.41) is 33.4. The van der Waals surface area contributed by atoms with Gasteiger partial charge in [0.2, 0.25) is 5.91 Å². The van der Waals surface area contributed by atoms with Crippen LogP contribution in [0.4, 0.5) is 24.5 Å². The minimum absolute atomic E-state index is 0.306. The number of carboxylic acid groups (broad SMARTS) is 1. The molecular weight excluding hydrogens is 489 g/mol.